The molecule has 0 amide bonds. The molecule has 2 N–H and O–H groups in total. The molecule has 11 heavy (non-hydrogen) atoms. The van der Waals surface area contributed by atoms with Gasteiger partial charge >= 0.3 is 5.97 Å². The van der Waals surface area contributed by atoms with Crippen molar-refractivity contribution < 1.29 is 14.6 Å². The van der Waals surface area contributed by atoms with Crippen LogP contribution in [0.2, 0.25) is 0 Å². The molecule has 0 spiro atoms. The Labute approximate surface area is 63.0 Å². The van der Waals surface area contributed by atoms with Gasteiger partial charge in [-0.05, 0) is 6.07 Å². The molecule has 0 bridgehead atoms. The molecule has 60 valence electrons. The number of aromatic nitrogens is 2. The second-order valence-corrected chi connectivity index (χ2v) is 1.92. The summed E-state index contributed by atoms with van der Waals surface area (Å²) < 4.78 is 4.40. The molecule has 5 heteroatoms. The van der Waals surface area contributed by atoms with Crippen LogP contribution in [0.5, 0.6) is 0 Å². The first kappa shape index (κ1) is 7.74. The Hall–Kier alpha value is -1.36. The van der Waals surface area contributed by atoms with Crippen LogP contribution in [0.4, 0.5) is 0 Å². The first-order valence-corrected chi connectivity index (χ1v) is 3.01. The summed E-state index contributed by atoms with van der Waals surface area (Å²) in [7, 11) is 1.28. The van der Waals surface area contributed by atoms with Gasteiger partial charge in [-0.15, -0.1) is 0 Å². The molecule has 0 aliphatic carbocycles. The number of ether oxygens (including phenoxy) is 1. The van der Waals surface area contributed by atoms with Gasteiger partial charge in [-0.3, -0.25) is 5.10 Å². The van der Waals surface area contributed by atoms with E-state index < -0.39 is 5.97 Å². The molecule has 0 aliphatic rings. The van der Waals surface area contributed by atoms with Gasteiger partial charge in [-0.2, -0.15) is 5.10 Å². The number of carbonyl (C=O) groups excluding carboxylic acids is 1. The number of hydrogen-bond acceptors (Lipinski definition) is 4. The van der Waals surface area contributed by atoms with Crippen LogP contribution in [0.15, 0.2) is 6.07 Å². The summed E-state index contributed by atoms with van der Waals surface area (Å²) in [5, 5.41) is 14.6. The number of aliphatic hydroxyl groups is 1. The number of hydrogen-bond donors (Lipinski definition) is 2. The molecule has 0 unspecified atom stereocenters. The van der Waals surface area contributed by atoms with Crippen LogP contribution in [0.1, 0.15) is 16.2 Å². The summed E-state index contributed by atoms with van der Waals surface area (Å²) in [5.41, 5.74) is 0.668. The summed E-state index contributed by atoms with van der Waals surface area (Å²) in [5.74, 6) is -0.489. The van der Waals surface area contributed by atoms with E-state index in [2.05, 4.69) is 14.9 Å². The van der Waals surface area contributed by atoms with Crippen LogP contribution < -0.4 is 0 Å². The van der Waals surface area contributed by atoms with Gasteiger partial charge in [-0.25, -0.2) is 4.79 Å². The van der Waals surface area contributed by atoms with Crippen molar-refractivity contribution in [1.82, 2.24) is 10.2 Å². The number of nitrogens with one attached hydrogen (secondary N) is 1. The molecular formula is C6H8N2O3. The Morgan fingerprint density at radius 2 is 2.64 bits per heavy atom. The zero-order valence-corrected chi connectivity index (χ0v) is 6.00. The highest BCUT2D eigenvalue weighted by atomic mass is 16.5. The first-order valence-electron chi connectivity index (χ1n) is 3.01. The van der Waals surface area contributed by atoms with Gasteiger partial charge in [0.05, 0.1) is 19.4 Å². The van der Waals surface area contributed by atoms with Gasteiger partial charge in [0.2, 0.25) is 0 Å². The molecule has 1 aromatic rings. The molecule has 1 aromatic heterocycles. The summed E-state index contributed by atoms with van der Waals surface area (Å²) in [4.78, 5) is 10.8. The Balaban J connectivity index is 2.80. The van der Waals surface area contributed by atoms with Gasteiger partial charge in [0, 0.05) is 0 Å². The topological polar surface area (TPSA) is 75.2 Å². The van der Waals surface area contributed by atoms with E-state index in [4.69, 9.17) is 5.11 Å². The predicted octanol–water partition coefficient (Wildman–Crippen LogP) is -0.311. The zero-order chi connectivity index (χ0) is 8.27. The highest BCUT2D eigenvalue weighted by Crippen LogP contribution is 1.99. The van der Waals surface area contributed by atoms with Crippen molar-refractivity contribution in [2.75, 3.05) is 7.11 Å². The lowest BCUT2D eigenvalue weighted by atomic mass is 10.4. The van der Waals surface area contributed by atoms with Crippen molar-refractivity contribution in [2.24, 2.45) is 0 Å². The van der Waals surface area contributed by atoms with E-state index >= 15 is 0 Å². The molecule has 0 fully saturated rings. The van der Waals surface area contributed by atoms with E-state index in [1.54, 1.807) is 0 Å². The van der Waals surface area contributed by atoms with E-state index in [0.717, 1.165) is 0 Å². The molecule has 5 nitrogen and oxygen atoms in total. The van der Waals surface area contributed by atoms with Crippen LogP contribution >= 0.6 is 0 Å². The van der Waals surface area contributed by atoms with E-state index in [9.17, 15) is 4.79 Å². The largest absolute Gasteiger partial charge is 0.464 e. The fourth-order valence-electron chi connectivity index (χ4n) is 0.659. The second-order valence-electron chi connectivity index (χ2n) is 1.92. The van der Waals surface area contributed by atoms with Gasteiger partial charge in [-0.1, -0.05) is 0 Å². The highest BCUT2D eigenvalue weighted by molar-refractivity contribution is 5.87. The van der Waals surface area contributed by atoms with Crippen molar-refractivity contribution in [3.63, 3.8) is 0 Å². The third-order valence-corrected chi connectivity index (χ3v) is 1.20. The highest BCUT2D eigenvalue weighted by Gasteiger charge is 2.07. The lowest BCUT2D eigenvalue weighted by Crippen LogP contribution is -2.00. The van der Waals surface area contributed by atoms with Crippen molar-refractivity contribution >= 4 is 5.97 Å². The average molecular weight is 156 g/mol. The first-order chi connectivity index (χ1) is 5.27. The van der Waals surface area contributed by atoms with E-state index in [1.807, 2.05) is 0 Å². The second kappa shape index (κ2) is 3.16. The minimum absolute atomic E-state index is 0.187. The van der Waals surface area contributed by atoms with E-state index in [-0.39, 0.29) is 12.3 Å². The molecule has 0 radical (unpaired) electrons. The Bertz CT molecular complexity index is 256. The molecule has 0 saturated carbocycles. The number of H-pyrrole nitrogens is 1. The quantitative estimate of drug-likeness (QED) is 0.576. The minimum Gasteiger partial charge on any atom is -0.464 e. The lowest BCUT2D eigenvalue weighted by Gasteiger charge is -1.90. The van der Waals surface area contributed by atoms with Crippen LogP contribution in [0.3, 0.4) is 0 Å². The number of methoxy groups -OCH3 is 1. The van der Waals surface area contributed by atoms with Crippen molar-refractivity contribution in [1.29, 1.82) is 0 Å². The minimum atomic E-state index is -0.489. The summed E-state index contributed by atoms with van der Waals surface area (Å²) in [6, 6.07) is 1.44. The van der Waals surface area contributed by atoms with Crippen molar-refractivity contribution in [3.8, 4) is 0 Å². The fraction of sp³-hybridized carbons (Fsp3) is 0.333. The maximum atomic E-state index is 10.8. The Morgan fingerprint density at radius 3 is 3.09 bits per heavy atom. The molecule has 1 heterocycles. The third-order valence-electron chi connectivity index (χ3n) is 1.20. The monoisotopic (exact) mass is 156 g/mol. The Kier molecular flexibility index (Phi) is 2.22. The van der Waals surface area contributed by atoms with E-state index in [1.165, 1.54) is 13.2 Å². The average Bonchev–Trinajstić information content (AvgIpc) is 2.50. The van der Waals surface area contributed by atoms with Gasteiger partial charge in [0.1, 0.15) is 5.69 Å². The summed E-state index contributed by atoms with van der Waals surface area (Å²) in [6.45, 7) is -0.187. The number of aromatic amines is 1. The molecule has 0 atom stereocenters. The maximum Gasteiger partial charge on any atom is 0.356 e. The molecule has 0 aromatic carbocycles. The van der Waals surface area contributed by atoms with Crippen LogP contribution in [-0.2, 0) is 11.3 Å². The lowest BCUT2D eigenvalue weighted by molar-refractivity contribution is 0.0594. The Morgan fingerprint density at radius 1 is 1.91 bits per heavy atom. The zero-order valence-electron chi connectivity index (χ0n) is 6.00. The predicted molar refractivity (Wildman–Crippen MR) is 35.8 cm³/mol. The van der Waals surface area contributed by atoms with Gasteiger partial charge in [0.25, 0.3) is 0 Å². The number of aliphatic hydroxyl groups excluding tert-OH is 1. The number of esters is 1. The van der Waals surface area contributed by atoms with Crippen LogP contribution in [0.25, 0.3) is 0 Å². The smallest absolute Gasteiger partial charge is 0.356 e. The van der Waals surface area contributed by atoms with Gasteiger partial charge < -0.3 is 9.84 Å². The number of carbonyl (C=O) groups is 1. The SMILES string of the molecule is COC(=O)c1cc(CO)n[nH]1. The van der Waals surface area contributed by atoms with Crippen molar-refractivity contribution in [3.05, 3.63) is 17.5 Å². The standard InChI is InChI=1S/C6H8N2O3/c1-11-6(10)5-2-4(3-9)7-8-5/h2,9H,3H2,1H3,(H,7,8). The number of rotatable bonds is 2. The molecule has 1 rings (SSSR count). The van der Waals surface area contributed by atoms with Crippen LogP contribution in [0, 0.1) is 0 Å². The van der Waals surface area contributed by atoms with Gasteiger partial charge in [0.15, 0.2) is 0 Å². The van der Waals surface area contributed by atoms with Crippen LogP contribution in [-0.4, -0.2) is 28.4 Å². The normalized spacial score (nSPS) is 9.64. The fourth-order valence-corrected chi connectivity index (χ4v) is 0.659. The number of nitrogens with zero attached hydrogens (tertiary/aromatic N) is 1. The van der Waals surface area contributed by atoms with E-state index in [0.29, 0.717) is 5.69 Å². The molecule has 0 aliphatic heterocycles. The summed E-state index contributed by atoms with van der Waals surface area (Å²) >= 11 is 0. The third kappa shape index (κ3) is 1.56. The molecule has 0 saturated heterocycles. The molecular weight excluding hydrogens is 148 g/mol. The van der Waals surface area contributed by atoms with Crippen molar-refractivity contribution in [2.45, 2.75) is 6.61 Å². The summed E-state index contributed by atoms with van der Waals surface area (Å²) in [6.07, 6.45) is 0. The maximum absolute atomic E-state index is 10.8.